The highest BCUT2D eigenvalue weighted by Crippen LogP contribution is 2.52. The molecular formula is C87H171F3N12O4. The van der Waals surface area contributed by atoms with Gasteiger partial charge in [-0.25, -0.2) is 0 Å². The molecule has 1 spiro atoms. The predicted molar refractivity (Wildman–Crippen MR) is 441 cm³/mol. The van der Waals surface area contributed by atoms with Crippen molar-refractivity contribution in [3.8, 4) is 0 Å². The second-order valence-corrected chi connectivity index (χ2v) is 43.1. The van der Waals surface area contributed by atoms with E-state index in [0.29, 0.717) is 40.5 Å². The largest absolute Gasteiger partial charge is 0.414 e. The maximum Gasteiger partial charge on any atom is 0.414 e. The van der Waals surface area contributed by atoms with Crippen molar-refractivity contribution in [2.45, 2.75) is 348 Å². The Morgan fingerprint density at radius 1 is 0.415 bits per heavy atom. The van der Waals surface area contributed by atoms with Gasteiger partial charge in [0.1, 0.15) is 0 Å². The maximum atomic E-state index is 13.1. The van der Waals surface area contributed by atoms with Crippen molar-refractivity contribution in [3.63, 3.8) is 0 Å². The van der Waals surface area contributed by atoms with Gasteiger partial charge in [0.2, 0.25) is 0 Å². The third kappa shape index (κ3) is 40.9. The van der Waals surface area contributed by atoms with Gasteiger partial charge in [-0.1, -0.05) is 41.5 Å². The second-order valence-electron chi connectivity index (χ2n) is 43.1. The van der Waals surface area contributed by atoms with Crippen LogP contribution in [0.2, 0.25) is 0 Å². The molecule has 1 aliphatic carbocycles. The molecule has 0 radical (unpaired) electrons. The van der Waals surface area contributed by atoms with Crippen LogP contribution in [-0.4, -0.2) is 292 Å². The highest BCUT2D eigenvalue weighted by Gasteiger charge is 2.49. The molecule has 1 aromatic rings. The molecule has 8 rings (SSSR count). The molecule has 1 saturated carbocycles. The smallest absolute Gasteiger partial charge is 0.375 e. The molecule has 2 unspecified atom stereocenters. The van der Waals surface area contributed by atoms with Crippen molar-refractivity contribution in [1.82, 2.24) is 59.2 Å². The van der Waals surface area contributed by atoms with Gasteiger partial charge in [-0.15, -0.1) is 0 Å². The van der Waals surface area contributed by atoms with E-state index in [1.165, 1.54) is 143 Å². The maximum absolute atomic E-state index is 13.1. The molecule has 0 aromatic carbocycles. The summed E-state index contributed by atoms with van der Waals surface area (Å²) in [6.45, 7) is 95.4. The van der Waals surface area contributed by atoms with E-state index < -0.39 is 17.9 Å². The van der Waals surface area contributed by atoms with Crippen LogP contribution in [0.1, 0.15) is 283 Å². The van der Waals surface area contributed by atoms with Crippen molar-refractivity contribution >= 4 is 0 Å². The number of alkyl halides is 3. The van der Waals surface area contributed by atoms with Crippen molar-refractivity contribution in [1.29, 1.82) is 0 Å². The number of hydrogen-bond donors (Lipinski definition) is 0. The molecule has 7 fully saturated rings. The molecule has 624 valence electrons. The van der Waals surface area contributed by atoms with E-state index >= 15 is 0 Å². The zero-order valence-corrected chi connectivity index (χ0v) is 74.9. The number of aromatic nitrogens is 2. The van der Waals surface area contributed by atoms with Crippen LogP contribution < -0.4 is 0 Å². The molecule has 19 heteroatoms. The Balaban J connectivity index is 0.000000281. The number of halogens is 3. The van der Waals surface area contributed by atoms with Gasteiger partial charge in [0.25, 0.3) is 0 Å². The molecule has 0 amide bonds. The summed E-state index contributed by atoms with van der Waals surface area (Å²) in [5.74, 6) is 0.916. The third-order valence-corrected chi connectivity index (χ3v) is 22.3. The lowest BCUT2D eigenvalue weighted by atomic mass is 9.59. The van der Waals surface area contributed by atoms with Gasteiger partial charge >= 0.3 is 6.18 Å². The van der Waals surface area contributed by atoms with Crippen LogP contribution in [0.5, 0.6) is 0 Å². The lowest BCUT2D eigenvalue weighted by Gasteiger charge is -2.58. The summed E-state index contributed by atoms with van der Waals surface area (Å²) in [6, 6.07) is 4.99. The first-order valence-corrected chi connectivity index (χ1v) is 42.2. The Morgan fingerprint density at radius 3 is 1.23 bits per heavy atom. The molecule has 6 aliphatic heterocycles. The van der Waals surface area contributed by atoms with Crippen LogP contribution in [0, 0.1) is 22.2 Å². The van der Waals surface area contributed by atoms with Gasteiger partial charge < -0.3 is 33.6 Å². The Morgan fingerprint density at radius 2 is 0.811 bits per heavy atom. The first kappa shape index (κ1) is 96.7. The molecule has 6 saturated heterocycles. The van der Waals surface area contributed by atoms with Crippen molar-refractivity contribution in [2.75, 3.05) is 170 Å². The minimum absolute atomic E-state index is 0.00368. The average Bonchev–Trinajstić information content (AvgIpc) is 0.799. The number of likely N-dealkylation sites (tertiary alicyclic amines) is 2. The summed E-state index contributed by atoms with van der Waals surface area (Å²) in [5.41, 5.74) is 3.71. The fourth-order valence-electron chi connectivity index (χ4n) is 15.2. The predicted octanol–water partition coefficient (Wildman–Crippen LogP) is 16.9. The van der Waals surface area contributed by atoms with Crippen molar-refractivity contribution < 1.29 is 32.1 Å². The summed E-state index contributed by atoms with van der Waals surface area (Å²) < 4.78 is 61.8. The molecule has 7 heterocycles. The highest BCUT2D eigenvalue weighted by atomic mass is 19.4. The molecule has 16 nitrogen and oxygen atoms in total. The molecule has 0 bridgehead atoms. The van der Waals surface area contributed by atoms with E-state index in [9.17, 15) is 13.2 Å². The van der Waals surface area contributed by atoms with Crippen LogP contribution >= 0.6 is 0 Å². The monoisotopic (exact) mass is 1510 g/mol. The number of nitrogens with zero attached hydrogens (tertiary/aromatic N) is 12. The summed E-state index contributed by atoms with van der Waals surface area (Å²) in [6.07, 6.45) is 6.52. The number of ether oxygens (including phenoxy) is 4. The number of piperidine rings is 1. The second kappa shape index (κ2) is 41.6. The number of piperazine rings is 3. The normalized spacial score (nSPS) is 22.3. The fraction of sp³-hybridized carbons (Fsp3) is 0.954. The van der Waals surface area contributed by atoms with Crippen LogP contribution in [0.25, 0.3) is 0 Å². The van der Waals surface area contributed by atoms with Crippen LogP contribution in [-0.2, 0) is 32.1 Å². The molecule has 0 N–H and O–H groups in total. The van der Waals surface area contributed by atoms with Crippen LogP contribution in [0.15, 0.2) is 12.1 Å². The summed E-state index contributed by atoms with van der Waals surface area (Å²) in [7, 11) is 0. The molecule has 7 aliphatic rings. The number of rotatable bonds is 19. The van der Waals surface area contributed by atoms with Crippen molar-refractivity contribution in [3.05, 3.63) is 23.5 Å². The van der Waals surface area contributed by atoms with E-state index in [-0.39, 0.29) is 34.3 Å². The van der Waals surface area contributed by atoms with Gasteiger partial charge in [0.05, 0.1) is 53.6 Å². The van der Waals surface area contributed by atoms with Gasteiger partial charge in [-0.2, -0.15) is 23.4 Å². The Bertz CT molecular complexity index is 2520. The first-order valence-electron chi connectivity index (χ1n) is 42.2. The standard InChI is InChI=1S/C20H39N3.C18H32N4O.C17H36N2O.C16H31F3N2O.C16H33NO/c1-18(2,3)22-9-7-20(8-10-22)15-17(16-20)21-11-13-23(14-12-21)19(4,5)6;1-17(2,3)22-11-9-21(10-12-22)13-15-7-8-16(20-19-15)14-23-18(4,5)6;1-16(2,3)8-11-18-9-7-10-19(13-12-18)14-15-20-17(4,5)6;1-14(2,3)21-11-9-20(10-12-21)8-7-13(16(17,18)19)22-15(4,5)6;1-15(2,3)9-7-14-8-10-17(13-14)11-12-18-16(4,5)6/h17H,7-16H2,1-6H3;7-8H,9-14H2,1-6H3;7-15H2,1-6H3;13H,7-12H2,1-6H3;14H,7-13H2,1-6H3. The summed E-state index contributed by atoms with van der Waals surface area (Å²) in [4.78, 5) is 25.4. The summed E-state index contributed by atoms with van der Waals surface area (Å²) in [5, 5.41) is 8.65. The highest BCUT2D eigenvalue weighted by molar-refractivity contribution is 5.07. The minimum atomic E-state index is -4.31. The van der Waals surface area contributed by atoms with Gasteiger partial charge in [0.15, 0.2) is 6.10 Å². The Kier molecular flexibility index (Phi) is 37.9. The molecule has 106 heavy (non-hydrogen) atoms. The minimum Gasteiger partial charge on any atom is -0.375 e. The number of hydrogen-bond acceptors (Lipinski definition) is 16. The van der Waals surface area contributed by atoms with Gasteiger partial charge in [-0.05, 0) is 304 Å². The van der Waals surface area contributed by atoms with Crippen LogP contribution in [0.4, 0.5) is 13.2 Å². The van der Waals surface area contributed by atoms with E-state index in [4.69, 9.17) is 18.9 Å². The quantitative estimate of drug-likeness (QED) is 0.131. The van der Waals surface area contributed by atoms with E-state index in [1.54, 1.807) is 20.8 Å². The fourth-order valence-corrected chi connectivity index (χ4v) is 15.2. The molecular weight excluding hydrogens is 1330 g/mol. The summed E-state index contributed by atoms with van der Waals surface area (Å²) >= 11 is 0. The Hall–Kier alpha value is -1.69. The topological polar surface area (TPSA) is 95.1 Å². The van der Waals surface area contributed by atoms with E-state index in [1.807, 2.05) is 26.8 Å². The van der Waals surface area contributed by atoms with Crippen LogP contribution in [0.3, 0.4) is 0 Å². The van der Waals surface area contributed by atoms with Gasteiger partial charge in [0, 0.05) is 153 Å². The average molecular weight is 1510 g/mol. The SMILES string of the molecule is CC(C)(C)CCC1CCN(CCOC(C)(C)C)C1.CC(C)(C)CCN1CCCN(CCOC(C)(C)C)CC1.CC(C)(C)N1CCN(C2CC3(CCN(C(C)(C)C)CC3)C2)CC1.CC(C)(C)OC(CCN1CCN(C(C)(C)C)CC1)C(F)(F)F.CC(C)(C)OCc1ccc(CN2CCN(C(C)(C)C)CC2)nn1. The first-order chi connectivity index (χ1) is 48.3. The van der Waals surface area contributed by atoms with E-state index in [0.717, 1.165) is 109 Å². The van der Waals surface area contributed by atoms with Crippen molar-refractivity contribution in [2.24, 2.45) is 22.2 Å². The zero-order chi connectivity index (χ0) is 80.2. The zero-order valence-electron chi connectivity index (χ0n) is 74.9. The lowest BCUT2D eigenvalue weighted by Crippen LogP contribution is -2.61. The molecule has 1 aromatic heterocycles. The lowest BCUT2D eigenvalue weighted by molar-refractivity contribution is -0.247. The molecule has 2 atom stereocenters. The van der Waals surface area contributed by atoms with Gasteiger partial charge in [-0.3, -0.25) is 34.3 Å². The third-order valence-electron chi connectivity index (χ3n) is 22.3. The van der Waals surface area contributed by atoms with E-state index in [2.05, 4.69) is 231 Å². The Labute approximate surface area is 652 Å².